The van der Waals surface area contributed by atoms with Gasteiger partial charge in [0.2, 0.25) is 5.36 Å². The van der Waals surface area contributed by atoms with Crippen molar-refractivity contribution in [3.8, 4) is 11.5 Å². The van der Waals surface area contributed by atoms with E-state index < -0.39 is 87.9 Å². The maximum Gasteiger partial charge on any atom is 0.343 e. The predicted octanol–water partition coefficient (Wildman–Crippen LogP) is 6.44. The van der Waals surface area contributed by atoms with Gasteiger partial charge in [0.1, 0.15) is 30.1 Å². The van der Waals surface area contributed by atoms with Crippen LogP contribution in [0.2, 0.25) is 15.1 Å². The number of carboxylic acid groups (broad SMARTS) is 1. The number of thioether (sulfide) groups is 1. The lowest BCUT2D eigenvalue weighted by Crippen LogP contribution is -2.47. The number of hydroxylamine groups is 2. The van der Waals surface area contributed by atoms with Crippen molar-refractivity contribution in [1.29, 1.82) is 0 Å². The van der Waals surface area contributed by atoms with E-state index in [1.807, 2.05) is 37.2 Å². The Kier molecular flexibility index (Phi) is 20.2. The minimum Gasteiger partial charge on any atom is -0.545 e. The first kappa shape index (κ1) is 62.3. The van der Waals surface area contributed by atoms with Crippen LogP contribution in [0, 0.1) is 0 Å². The third-order valence-electron chi connectivity index (χ3n) is 13.8. The zero-order valence-electron chi connectivity index (χ0n) is 44.7. The molecule has 0 aromatic heterocycles. The van der Waals surface area contributed by atoms with E-state index in [0.29, 0.717) is 39.0 Å². The van der Waals surface area contributed by atoms with Gasteiger partial charge in [-0.3, -0.25) is 18.7 Å². The normalized spacial score (nSPS) is 16.4. The lowest BCUT2D eigenvalue weighted by molar-refractivity contribution is -0.255. The van der Waals surface area contributed by atoms with E-state index in [1.54, 1.807) is 38.4 Å². The fraction of sp³-hybridized carbons (Fsp3) is 0.481. The molecule has 3 aromatic carbocycles. The molecule has 0 atom stereocenters. The van der Waals surface area contributed by atoms with Gasteiger partial charge in [-0.2, -0.15) is 16.8 Å². The highest BCUT2D eigenvalue weighted by Gasteiger charge is 2.39. The lowest BCUT2D eigenvalue weighted by Gasteiger charge is -2.41. The van der Waals surface area contributed by atoms with Crippen molar-refractivity contribution in [3.63, 3.8) is 0 Å². The van der Waals surface area contributed by atoms with Gasteiger partial charge in [-0.25, -0.2) is 9.37 Å². The highest BCUT2D eigenvalue weighted by atomic mass is 35.5. The molecule has 4 heterocycles. The summed E-state index contributed by atoms with van der Waals surface area (Å²) in [5.74, 6) is -6.31. The molecule has 0 aliphatic carbocycles. The first-order valence-corrected chi connectivity index (χ1v) is 29.9. The van der Waals surface area contributed by atoms with Crippen molar-refractivity contribution in [2.45, 2.75) is 98.1 Å². The molecule has 76 heavy (non-hydrogen) atoms. The number of carbonyl (C=O) groups excluding carboxylic acids is 4. The Morgan fingerprint density at radius 3 is 1.75 bits per heavy atom. The average molecular weight is 1170 g/mol. The molecular formula is C52H66Cl3N5O13S3. The summed E-state index contributed by atoms with van der Waals surface area (Å²) in [6.45, 7) is 27.6. The standard InChI is InChI=1S/C40H36Cl3N3O13S3.2C6H15N/c1-39(2)13-18(16-61(52,53)54)20-9-22-26(11-24(20)44(39)5)58-27-12-25-21(19(17-62(55,56)57)14-40(3,4)45(25)6)10-23(27)31(22)32-33(38(50)51)34(41)36(43)37(35(32)42)60-15-30(49)59-46-28(47)7-8-29(46)48;2*1-4-7(5-2)6-3/h9-14H,7-8,15-17H2,1-6H3,(H2-,50,51,52,53,54,55,56,57);2*4-6H2,1-3H3. The van der Waals surface area contributed by atoms with E-state index in [-0.39, 0.29) is 67.3 Å². The summed E-state index contributed by atoms with van der Waals surface area (Å²) in [6.07, 6.45) is 3.01. The van der Waals surface area contributed by atoms with Gasteiger partial charge in [-0.05, 0) is 82.5 Å². The van der Waals surface area contributed by atoms with Gasteiger partial charge in [-0.1, -0.05) is 82.4 Å². The minimum atomic E-state index is -4.61. The van der Waals surface area contributed by atoms with E-state index in [4.69, 9.17) is 44.4 Å². The van der Waals surface area contributed by atoms with Crippen LogP contribution in [0.5, 0.6) is 11.5 Å². The van der Waals surface area contributed by atoms with E-state index >= 15 is 0 Å². The second-order valence-corrected chi connectivity index (χ2v) is 24.3. The number of hydrogen-bond acceptors (Lipinski definition) is 15. The van der Waals surface area contributed by atoms with Crippen molar-refractivity contribution in [2.75, 3.05) is 75.5 Å². The summed E-state index contributed by atoms with van der Waals surface area (Å²) in [7, 11) is -5.69. The SMILES string of the molecule is CCN(CC)CC.CCN(CC)CC.CN1c2cc3c(cc2C(CS(=O)(=O)O)=CC1(C)C)C(c1c(Cl)c(SCC(=O)ON2C(=O)CCC2=O)c(Cl)c(Cl)c1C(=O)[O-])=c1cc2c(cc1O3)=[N+](C)C(C)(C)C=C2CS(=O)(=O)O. The number of carbonyl (C=O) groups is 4. The van der Waals surface area contributed by atoms with Crippen LogP contribution in [0.15, 0.2) is 41.3 Å². The smallest absolute Gasteiger partial charge is 0.343 e. The molecule has 4 aliphatic heterocycles. The van der Waals surface area contributed by atoms with Crippen LogP contribution in [-0.2, 0) is 39.5 Å². The maximum atomic E-state index is 13.2. The van der Waals surface area contributed by atoms with E-state index in [2.05, 4.69) is 51.3 Å². The molecule has 1 fully saturated rings. The number of imide groups is 1. The molecule has 0 saturated carbocycles. The molecule has 0 spiro atoms. The van der Waals surface area contributed by atoms with Crippen molar-refractivity contribution < 1.29 is 59.8 Å². The summed E-state index contributed by atoms with van der Waals surface area (Å²) in [5.41, 5.74) is -1.01. The molecule has 2 amide bonds. The zero-order valence-corrected chi connectivity index (χ0v) is 49.4. The van der Waals surface area contributed by atoms with Gasteiger partial charge in [0, 0.05) is 83.4 Å². The van der Waals surface area contributed by atoms with Crippen LogP contribution >= 0.6 is 46.6 Å². The topological polar surface area (TPSA) is 235 Å². The maximum absolute atomic E-state index is 13.2. The number of anilines is 1. The van der Waals surface area contributed by atoms with E-state index in [0.717, 1.165) is 0 Å². The number of ether oxygens (including phenoxy) is 1. The first-order valence-electron chi connectivity index (χ1n) is 24.6. The predicted molar refractivity (Wildman–Crippen MR) is 297 cm³/mol. The Morgan fingerprint density at radius 2 is 1.28 bits per heavy atom. The lowest BCUT2D eigenvalue weighted by atomic mass is 9.83. The van der Waals surface area contributed by atoms with Crippen molar-refractivity contribution >= 4 is 113 Å². The second-order valence-electron chi connectivity index (χ2n) is 19.3. The van der Waals surface area contributed by atoms with Gasteiger partial charge >= 0.3 is 5.97 Å². The zero-order chi connectivity index (χ0) is 57.2. The fourth-order valence-corrected chi connectivity index (χ4v) is 12.4. The second kappa shape index (κ2) is 24.6. The Bertz CT molecular complexity index is 3220. The number of halogens is 3. The Labute approximate surface area is 464 Å². The average Bonchev–Trinajstić information content (AvgIpc) is 3.64. The number of carboxylic acids is 1. The molecule has 0 bridgehead atoms. The first-order chi connectivity index (χ1) is 35.3. The number of likely N-dealkylation sites (N-methyl/N-ethyl adjacent to an activating group) is 2. The van der Waals surface area contributed by atoms with Gasteiger partial charge in [0.25, 0.3) is 32.1 Å². The molecule has 7 rings (SSSR count). The molecule has 416 valence electrons. The molecular weight excluding hydrogens is 1110 g/mol. The fourth-order valence-electron chi connectivity index (χ4n) is 9.21. The number of aromatic carboxylic acids is 1. The number of nitrogens with zero attached hydrogens (tertiary/aromatic N) is 5. The number of rotatable bonds is 16. The largest absolute Gasteiger partial charge is 0.545 e. The monoisotopic (exact) mass is 1170 g/mol. The van der Waals surface area contributed by atoms with Crippen molar-refractivity contribution in [3.05, 3.63) is 89.9 Å². The van der Waals surface area contributed by atoms with Crippen LogP contribution in [0.3, 0.4) is 0 Å². The quantitative estimate of drug-likeness (QED) is 0.0404. The van der Waals surface area contributed by atoms with Gasteiger partial charge in [0.05, 0.1) is 44.0 Å². The molecule has 24 heteroatoms. The Balaban J connectivity index is 0.000000671. The molecule has 0 radical (unpaired) electrons. The van der Waals surface area contributed by atoms with Crippen molar-refractivity contribution in [2.24, 2.45) is 0 Å². The van der Waals surface area contributed by atoms with E-state index in [9.17, 15) is 50.2 Å². The number of fused-ring (bicyclic) bond motifs is 4. The van der Waals surface area contributed by atoms with Gasteiger partial charge < -0.3 is 34.2 Å². The van der Waals surface area contributed by atoms with E-state index in [1.165, 1.54) is 51.4 Å². The third-order valence-corrected chi connectivity index (χ3v) is 17.7. The summed E-state index contributed by atoms with van der Waals surface area (Å²) in [4.78, 5) is 61.9. The van der Waals surface area contributed by atoms with Crippen molar-refractivity contribution in [1.82, 2.24) is 19.4 Å². The number of amides is 2. The molecule has 2 N–H and O–H groups in total. The molecule has 3 aromatic rings. The van der Waals surface area contributed by atoms with Crippen LogP contribution in [0.4, 0.5) is 5.69 Å². The molecule has 4 aliphatic rings. The van der Waals surface area contributed by atoms with Crippen LogP contribution in [-0.4, -0.2) is 146 Å². The third kappa shape index (κ3) is 13.8. The molecule has 0 unspecified atom stereocenters. The number of benzene rings is 3. The minimum absolute atomic E-state index is 0.00434. The van der Waals surface area contributed by atoms with Gasteiger partial charge in [-0.15, -0.1) is 16.8 Å². The Hall–Kier alpha value is -4.55. The molecule has 1 saturated heterocycles. The summed E-state index contributed by atoms with van der Waals surface area (Å²) in [6, 6.07) is 6.28. The highest BCUT2D eigenvalue weighted by molar-refractivity contribution is 8.00. The molecule has 18 nitrogen and oxygen atoms in total. The van der Waals surface area contributed by atoms with Gasteiger partial charge in [0.15, 0.2) is 5.54 Å². The Morgan fingerprint density at radius 1 is 0.763 bits per heavy atom. The summed E-state index contributed by atoms with van der Waals surface area (Å²) >= 11 is 21.3. The highest BCUT2D eigenvalue weighted by Crippen LogP contribution is 2.51. The summed E-state index contributed by atoms with van der Waals surface area (Å²) in [5, 5.41) is 12.8. The van der Waals surface area contributed by atoms with Crippen LogP contribution in [0.1, 0.15) is 115 Å². The summed E-state index contributed by atoms with van der Waals surface area (Å²) < 4.78 is 78.2. The van der Waals surface area contributed by atoms with Crippen LogP contribution < -0.4 is 29.9 Å². The van der Waals surface area contributed by atoms with Crippen LogP contribution in [0.25, 0.3) is 16.7 Å². The number of hydrogen-bond donors (Lipinski definition) is 2.